The maximum atomic E-state index is 13.7. The van der Waals surface area contributed by atoms with Crippen molar-refractivity contribution >= 4 is 17.5 Å². The Bertz CT molecular complexity index is 831. The summed E-state index contributed by atoms with van der Waals surface area (Å²) < 4.78 is 20.3. The van der Waals surface area contributed by atoms with Gasteiger partial charge in [0.15, 0.2) is 0 Å². The molecule has 7 nitrogen and oxygen atoms in total. The third-order valence-corrected chi connectivity index (χ3v) is 3.86. The van der Waals surface area contributed by atoms with Gasteiger partial charge in [-0.25, -0.2) is 9.37 Å². The minimum atomic E-state index is -0.529. The first-order valence-electron chi connectivity index (χ1n) is 8.00. The van der Waals surface area contributed by atoms with Crippen molar-refractivity contribution < 1.29 is 13.9 Å². The molecule has 1 aromatic heterocycles. The van der Waals surface area contributed by atoms with Crippen LogP contribution in [0.3, 0.4) is 0 Å². The maximum absolute atomic E-state index is 13.7. The summed E-state index contributed by atoms with van der Waals surface area (Å²) in [6.45, 7) is 3.73. The molecule has 2 aromatic rings. The first kappa shape index (κ1) is 17.1. The summed E-state index contributed by atoms with van der Waals surface area (Å²) in [5, 5.41) is 2.49. The molecule has 0 aliphatic carbocycles. The number of rotatable bonds is 4. The molecule has 0 spiro atoms. The number of para-hydroxylation sites is 1. The van der Waals surface area contributed by atoms with E-state index in [4.69, 9.17) is 4.74 Å². The van der Waals surface area contributed by atoms with Crippen LogP contribution in [-0.2, 0) is 16.1 Å². The van der Waals surface area contributed by atoms with Crippen molar-refractivity contribution in [3.05, 3.63) is 52.2 Å². The van der Waals surface area contributed by atoms with E-state index < -0.39 is 11.7 Å². The Morgan fingerprint density at radius 3 is 2.76 bits per heavy atom. The summed E-state index contributed by atoms with van der Waals surface area (Å²) in [5.41, 5.74) is 0.337. The van der Waals surface area contributed by atoms with Gasteiger partial charge >= 0.3 is 0 Å². The molecule has 8 heteroatoms. The number of hydrogen-bond acceptors (Lipinski definition) is 5. The number of carbonyl (C=O) groups is 1. The molecule has 25 heavy (non-hydrogen) atoms. The number of anilines is 2. The van der Waals surface area contributed by atoms with Crippen LogP contribution in [0.4, 0.5) is 16.0 Å². The fourth-order valence-corrected chi connectivity index (χ4v) is 2.65. The Kier molecular flexibility index (Phi) is 5.08. The minimum absolute atomic E-state index is 0.0774. The van der Waals surface area contributed by atoms with Gasteiger partial charge in [-0.05, 0) is 19.1 Å². The van der Waals surface area contributed by atoms with E-state index in [1.165, 1.54) is 28.8 Å². The number of morpholine rings is 1. The molecule has 1 fully saturated rings. The number of carbonyl (C=O) groups excluding carboxylic acids is 1. The van der Waals surface area contributed by atoms with Gasteiger partial charge in [0.05, 0.1) is 18.9 Å². The fourth-order valence-electron chi connectivity index (χ4n) is 2.65. The van der Waals surface area contributed by atoms with E-state index in [1.807, 2.05) is 4.90 Å². The van der Waals surface area contributed by atoms with Gasteiger partial charge in [0.25, 0.3) is 5.56 Å². The molecule has 0 radical (unpaired) electrons. The molecule has 1 saturated heterocycles. The van der Waals surface area contributed by atoms with Crippen molar-refractivity contribution in [2.45, 2.75) is 13.5 Å². The zero-order chi connectivity index (χ0) is 17.8. The van der Waals surface area contributed by atoms with E-state index in [-0.39, 0.29) is 17.8 Å². The number of hydrogen-bond donors (Lipinski definition) is 1. The van der Waals surface area contributed by atoms with Crippen LogP contribution in [0.25, 0.3) is 0 Å². The quantitative estimate of drug-likeness (QED) is 0.899. The van der Waals surface area contributed by atoms with Gasteiger partial charge in [-0.2, -0.15) is 0 Å². The number of aromatic nitrogens is 2. The Morgan fingerprint density at radius 2 is 2.04 bits per heavy atom. The number of nitrogens with zero attached hydrogens (tertiary/aromatic N) is 3. The summed E-state index contributed by atoms with van der Waals surface area (Å²) >= 11 is 0. The zero-order valence-electron chi connectivity index (χ0n) is 13.9. The Balaban J connectivity index is 1.85. The highest BCUT2D eigenvalue weighted by molar-refractivity contribution is 5.90. The normalized spacial score (nSPS) is 14.4. The minimum Gasteiger partial charge on any atom is -0.378 e. The molecule has 0 atom stereocenters. The van der Waals surface area contributed by atoms with Crippen molar-refractivity contribution in [1.29, 1.82) is 0 Å². The summed E-state index contributed by atoms with van der Waals surface area (Å²) in [6.07, 6.45) is 0. The van der Waals surface area contributed by atoms with E-state index in [2.05, 4.69) is 10.3 Å². The van der Waals surface area contributed by atoms with Crippen LogP contribution in [0.5, 0.6) is 0 Å². The largest absolute Gasteiger partial charge is 0.378 e. The van der Waals surface area contributed by atoms with Gasteiger partial charge in [-0.15, -0.1) is 0 Å². The SMILES string of the molecule is Cc1cc(=O)n(CC(=O)Nc2ccccc2F)c(N2CCOCC2)n1. The van der Waals surface area contributed by atoms with Crippen molar-refractivity contribution in [2.75, 3.05) is 36.5 Å². The van der Waals surface area contributed by atoms with Crippen LogP contribution in [0, 0.1) is 12.7 Å². The van der Waals surface area contributed by atoms with Gasteiger partial charge in [-0.1, -0.05) is 12.1 Å². The Morgan fingerprint density at radius 1 is 1.32 bits per heavy atom. The smallest absolute Gasteiger partial charge is 0.255 e. The highest BCUT2D eigenvalue weighted by Gasteiger charge is 2.19. The second-order valence-corrected chi connectivity index (χ2v) is 5.75. The highest BCUT2D eigenvalue weighted by atomic mass is 19.1. The molecule has 0 saturated carbocycles. The van der Waals surface area contributed by atoms with Crippen molar-refractivity contribution in [3.8, 4) is 0 Å². The molecule has 0 unspecified atom stereocenters. The second-order valence-electron chi connectivity index (χ2n) is 5.75. The Labute approximate surface area is 144 Å². The third-order valence-electron chi connectivity index (χ3n) is 3.86. The zero-order valence-corrected chi connectivity index (χ0v) is 13.9. The van der Waals surface area contributed by atoms with Crippen LogP contribution < -0.4 is 15.8 Å². The topological polar surface area (TPSA) is 76.5 Å². The highest BCUT2D eigenvalue weighted by Crippen LogP contribution is 2.14. The first-order chi connectivity index (χ1) is 12.0. The lowest BCUT2D eigenvalue weighted by Crippen LogP contribution is -2.41. The molecule has 132 valence electrons. The lowest BCUT2D eigenvalue weighted by atomic mass is 10.3. The predicted octanol–water partition coefficient (Wildman–Crippen LogP) is 1.17. The molecule has 1 N–H and O–H groups in total. The first-order valence-corrected chi connectivity index (χ1v) is 8.00. The van der Waals surface area contributed by atoms with Crippen molar-refractivity contribution in [3.63, 3.8) is 0 Å². The molecular formula is C17H19FN4O3. The van der Waals surface area contributed by atoms with Gasteiger partial charge in [-0.3, -0.25) is 14.2 Å². The maximum Gasteiger partial charge on any atom is 0.255 e. The molecular weight excluding hydrogens is 327 g/mol. The Hall–Kier alpha value is -2.74. The van der Waals surface area contributed by atoms with Crippen LogP contribution in [0.1, 0.15) is 5.69 Å². The van der Waals surface area contributed by atoms with Crippen LogP contribution in [0.2, 0.25) is 0 Å². The van der Waals surface area contributed by atoms with E-state index in [0.717, 1.165) is 0 Å². The number of amides is 1. The van der Waals surface area contributed by atoms with Crippen LogP contribution in [-0.4, -0.2) is 41.8 Å². The molecule has 0 bridgehead atoms. The summed E-state index contributed by atoms with van der Waals surface area (Å²) in [5.74, 6) is -0.594. The average molecular weight is 346 g/mol. The lowest BCUT2D eigenvalue weighted by Gasteiger charge is -2.29. The molecule has 1 amide bonds. The van der Waals surface area contributed by atoms with Gasteiger partial charge < -0.3 is 15.0 Å². The fraction of sp³-hybridized carbons (Fsp3) is 0.353. The molecule has 3 rings (SSSR count). The number of halogens is 1. The number of nitrogens with one attached hydrogen (secondary N) is 1. The van der Waals surface area contributed by atoms with Crippen molar-refractivity contribution in [2.24, 2.45) is 0 Å². The van der Waals surface area contributed by atoms with Crippen LogP contribution in [0.15, 0.2) is 35.1 Å². The van der Waals surface area contributed by atoms with E-state index >= 15 is 0 Å². The number of aryl methyl sites for hydroxylation is 1. The molecule has 1 aliphatic rings. The third kappa shape index (κ3) is 4.03. The van der Waals surface area contributed by atoms with E-state index in [0.29, 0.717) is 37.9 Å². The van der Waals surface area contributed by atoms with Crippen LogP contribution >= 0.6 is 0 Å². The molecule has 1 aromatic carbocycles. The molecule has 1 aliphatic heterocycles. The monoisotopic (exact) mass is 346 g/mol. The van der Waals surface area contributed by atoms with Crippen molar-refractivity contribution in [1.82, 2.24) is 9.55 Å². The predicted molar refractivity (Wildman–Crippen MR) is 91.3 cm³/mol. The average Bonchev–Trinajstić information content (AvgIpc) is 2.60. The van der Waals surface area contributed by atoms with Gasteiger partial charge in [0, 0.05) is 24.8 Å². The standard InChI is InChI=1S/C17H19FN4O3/c1-12-10-16(24)22(17(19-12)21-6-8-25-9-7-21)11-15(23)20-14-5-3-2-4-13(14)18/h2-5,10H,6-9,11H2,1H3,(H,20,23). The van der Waals surface area contributed by atoms with Gasteiger partial charge in [0.2, 0.25) is 11.9 Å². The lowest BCUT2D eigenvalue weighted by molar-refractivity contribution is -0.116. The second kappa shape index (κ2) is 7.43. The number of benzene rings is 1. The summed E-state index contributed by atoms with van der Waals surface area (Å²) in [6, 6.07) is 7.26. The number of ether oxygens (including phenoxy) is 1. The summed E-state index contributed by atoms with van der Waals surface area (Å²) in [4.78, 5) is 31.0. The summed E-state index contributed by atoms with van der Waals surface area (Å²) in [7, 11) is 0. The van der Waals surface area contributed by atoms with E-state index in [9.17, 15) is 14.0 Å². The molecule has 2 heterocycles. The van der Waals surface area contributed by atoms with Gasteiger partial charge in [0.1, 0.15) is 12.4 Å². The van der Waals surface area contributed by atoms with E-state index in [1.54, 1.807) is 13.0 Å².